The molecule has 112 valence electrons. The van der Waals surface area contributed by atoms with Crippen LogP contribution in [0, 0.1) is 0 Å². The Bertz CT molecular complexity index is 469. The standard InChI is InChI=1S/C15H26N4O/c1-10-11(7-8-20-10)19(6)13-9-12(16-5)17-14(18-13)15(2,3)4/h9-11H,7-8H2,1-6H3,(H,16,17,18). The predicted octanol–water partition coefficient (Wildman–Crippen LogP) is 2.43. The van der Waals surface area contributed by atoms with Crippen LogP contribution in [0.5, 0.6) is 0 Å². The lowest BCUT2D eigenvalue weighted by Gasteiger charge is -2.29. The first-order valence-electron chi connectivity index (χ1n) is 7.24. The van der Waals surface area contributed by atoms with Gasteiger partial charge in [-0.1, -0.05) is 20.8 Å². The van der Waals surface area contributed by atoms with Gasteiger partial charge in [0, 0.05) is 32.2 Å². The van der Waals surface area contributed by atoms with Gasteiger partial charge >= 0.3 is 0 Å². The lowest BCUT2D eigenvalue weighted by atomic mass is 9.95. The maximum absolute atomic E-state index is 5.66. The zero-order valence-electron chi connectivity index (χ0n) is 13.4. The van der Waals surface area contributed by atoms with Crippen LogP contribution in [0.25, 0.3) is 0 Å². The van der Waals surface area contributed by atoms with Gasteiger partial charge in [0.15, 0.2) is 0 Å². The van der Waals surface area contributed by atoms with Crippen LogP contribution in [0.15, 0.2) is 6.07 Å². The Morgan fingerprint density at radius 3 is 2.55 bits per heavy atom. The zero-order valence-corrected chi connectivity index (χ0v) is 13.4. The Labute approximate surface area is 121 Å². The number of hydrogen-bond donors (Lipinski definition) is 1. The molecule has 1 N–H and O–H groups in total. The molecule has 0 radical (unpaired) electrons. The lowest BCUT2D eigenvalue weighted by molar-refractivity contribution is 0.118. The summed E-state index contributed by atoms with van der Waals surface area (Å²) in [6, 6.07) is 2.38. The number of likely N-dealkylation sites (N-methyl/N-ethyl adjacent to an activating group) is 1. The molecule has 0 aromatic carbocycles. The number of nitrogens with zero attached hydrogens (tertiary/aromatic N) is 3. The highest BCUT2D eigenvalue weighted by Gasteiger charge is 2.29. The molecular weight excluding hydrogens is 252 g/mol. The van der Waals surface area contributed by atoms with Gasteiger partial charge in [-0.25, -0.2) is 9.97 Å². The second-order valence-electron chi connectivity index (χ2n) is 6.48. The van der Waals surface area contributed by atoms with Gasteiger partial charge in [-0.05, 0) is 13.3 Å². The van der Waals surface area contributed by atoms with E-state index in [0.717, 1.165) is 30.5 Å². The van der Waals surface area contributed by atoms with Crippen molar-refractivity contribution in [3.8, 4) is 0 Å². The molecule has 1 aromatic heterocycles. The summed E-state index contributed by atoms with van der Waals surface area (Å²) in [6.45, 7) is 9.35. The van der Waals surface area contributed by atoms with E-state index in [4.69, 9.17) is 9.72 Å². The molecule has 0 aliphatic carbocycles. The normalized spacial score (nSPS) is 22.9. The van der Waals surface area contributed by atoms with Crippen molar-refractivity contribution in [2.45, 2.75) is 51.7 Å². The van der Waals surface area contributed by atoms with Crippen molar-refractivity contribution in [2.24, 2.45) is 0 Å². The third-order valence-electron chi connectivity index (χ3n) is 3.83. The number of anilines is 2. The molecule has 1 aliphatic heterocycles. The Balaban J connectivity index is 2.35. The van der Waals surface area contributed by atoms with E-state index in [1.807, 2.05) is 13.1 Å². The van der Waals surface area contributed by atoms with E-state index in [-0.39, 0.29) is 11.5 Å². The van der Waals surface area contributed by atoms with Crippen molar-refractivity contribution in [3.05, 3.63) is 11.9 Å². The second kappa shape index (κ2) is 5.56. The number of rotatable bonds is 3. The van der Waals surface area contributed by atoms with E-state index in [1.165, 1.54) is 0 Å². The molecular formula is C15H26N4O. The first-order valence-corrected chi connectivity index (χ1v) is 7.24. The highest BCUT2D eigenvalue weighted by molar-refractivity contribution is 5.50. The Kier molecular flexibility index (Phi) is 4.18. The van der Waals surface area contributed by atoms with Gasteiger partial charge in [0.05, 0.1) is 12.1 Å². The Morgan fingerprint density at radius 2 is 2.05 bits per heavy atom. The average Bonchev–Trinajstić information content (AvgIpc) is 2.82. The zero-order chi connectivity index (χ0) is 14.9. The molecule has 2 unspecified atom stereocenters. The van der Waals surface area contributed by atoms with Crippen molar-refractivity contribution in [1.29, 1.82) is 0 Å². The van der Waals surface area contributed by atoms with Crippen LogP contribution < -0.4 is 10.2 Å². The first kappa shape index (κ1) is 15.0. The van der Waals surface area contributed by atoms with Crippen LogP contribution in [-0.4, -0.2) is 42.8 Å². The van der Waals surface area contributed by atoms with Crippen molar-refractivity contribution < 1.29 is 4.74 Å². The van der Waals surface area contributed by atoms with Gasteiger partial charge in [-0.2, -0.15) is 0 Å². The Morgan fingerprint density at radius 1 is 1.35 bits per heavy atom. The van der Waals surface area contributed by atoms with E-state index in [9.17, 15) is 0 Å². The number of nitrogens with one attached hydrogen (secondary N) is 1. The van der Waals surface area contributed by atoms with Gasteiger partial charge in [-0.3, -0.25) is 0 Å². The molecule has 1 aliphatic rings. The summed E-state index contributed by atoms with van der Waals surface area (Å²) in [5.41, 5.74) is -0.0692. The molecule has 0 amide bonds. The minimum atomic E-state index is -0.0692. The minimum Gasteiger partial charge on any atom is -0.376 e. The molecule has 5 nitrogen and oxygen atoms in total. The minimum absolute atomic E-state index is 0.0692. The number of hydrogen-bond acceptors (Lipinski definition) is 5. The number of ether oxygens (including phenoxy) is 1. The molecule has 0 saturated carbocycles. The summed E-state index contributed by atoms with van der Waals surface area (Å²) in [5.74, 6) is 2.67. The van der Waals surface area contributed by atoms with Crippen LogP contribution >= 0.6 is 0 Å². The quantitative estimate of drug-likeness (QED) is 0.920. The predicted molar refractivity (Wildman–Crippen MR) is 82.5 cm³/mol. The molecule has 20 heavy (non-hydrogen) atoms. The highest BCUT2D eigenvalue weighted by Crippen LogP contribution is 2.27. The van der Waals surface area contributed by atoms with Crippen molar-refractivity contribution in [1.82, 2.24) is 9.97 Å². The fourth-order valence-corrected chi connectivity index (χ4v) is 2.48. The van der Waals surface area contributed by atoms with Crippen LogP contribution in [0.1, 0.15) is 39.9 Å². The summed E-state index contributed by atoms with van der Waals surface area (Å²) in [4.78, 5) is 11.5. The van der Waals surface area contributed by atoms with Gasteiger partial charge in [0.1, 0.15) is 17.5 Å². The Hall–Kier alpha value is -1.36. The monoisotopic (exact) mass is 278 g/mol. The SMILES string of the molecule is CNc1cc(N(C)C2CCOC2C)nc(C(C)(C)C)n1. The summed E-state index contributed by atoms with van der Waals surface area (Å²) in [7, 11) is 3.98. The van der Waals surface area contributed by atoms with E-state index < -0.39 is 0 Å². The largest absolute Gasteiger partial charge is 0.376 e. The molecule has 5 heteroatoms. The maximum atomic E-state index is 5.66. The lowest BCUT2D eigenvalue weighted by Crippen LogP contribution is -2.37. The average molecular weight is 278 g/mol. The van der Waals surface area contributed by atoms with Crippen LogP contribution in [-0.2, 0) is 10.2 Å². The summed E-state index contributed by atoms with van der Waals surface area (Å²) >= 11 is 0. The number of aromatic nitrogens is 2. The molecule has 1 aromatic rings. The highest BCUT2D eigenvalue weighted by atomic mass is 16.5. The van der Waals surface area contributed by atoms with Gasteiger partial charge in [0.25, 0.3) is 0 Å². The molecule has 0 spiro atoms. The second-order valence-corrected chi connectivity index (χ2v) is 6.48. The smallest absolute Gasteiger partial charge is 0.138 e. The van der Waals surface area contributed by atoms with Crippen molar-refractivity contribution in [2.75, 3.05) is 30.9 Å². The van der Waals surface area contributed by atoms with Gasteiger partial charge < -0.3 is 15.0 Å². The van der Waals surface area contributed by atoms with Gasteiger partial charge in [-0.15, -0.1) is 0 Å². The maximum Gasteiger partial charge on any atom is 0.138 e. The van der Waals surface area contributed by atoms with E-state index in [1.54, 1.807) is 0 Å². The molecule has 0 bridgehead atoms. The van der Waals surface area contributed by atoms with Gasteiger partial charge in [0.2, 0.25) is 0 Å². The van der Waals surface area contributed by atoms with Crippen LogP contribution in [0.4, 0.5) is 11.6 Å². The molecule has 1 fully saturated rings. The first-order chi connectivity index (χ1) is 9.32. The fourth-order valence-electron chi connectivity index (χ4n) is 2.48. The third kappa shape index (κ3) is 3.03. The van der Waals surface area contributed by atoms with Crippen molar-refractivity contribution in [3.63, 3.8) is 0 Å². The third-order valence-corrected chi connectivity index (χ3v) is 3.83. The summed E-state index contributed by atoms with van der Waals surface area (Å²) in [5, 5.41) is 3.13. The summed E-state index contributed by atoms with van der Waals surface area (Å²) in [6.07, 6.45) is 1.28. The van der Waals surface area contributed by atoms with Crippen molar-refractivity contribution >= 4 is 11.6 Å². The van der Waals surface area contributed by atoms with E-state index in [2.05, 4.69) is 49.9 Å². The van der Waals surface area contributed by atoms with Crippen LogP contribution in [0.2, 0.25) is 0 Å². The van der Waals surface area contributed by atoms with E-state index in [0.29, 0.717) is 6.04 Å². The van der Waals surface area contributed by atoms with Crippen LogP contribution in [0.3, 0.4) is 0 Å². The molecule has 1 saturated heterocycles. The molecule has 2 rings (SSSR count). The topological polar surface area (TPSA) is 50.3 Å². The fraction of sp³-hybridized carbons (Fsp3) is 0.733. The molecule has 2 atom stereocenters. The summed E-state index contributed by atoms with van der Waals surface area (Å²) < 4.78 is 5.66. The molecule has 2 heterocycles. The van der Waals surface area contributed by atoms with E-state index >= 15 is 0 Å².